The van der Waals surface area contributed by atoms with Crippen molar-refractivity contribution >= 4 is 34.8 Å². The Balaban J connectivity index is 1.76. The van der Waals surface area contributed by atoms with Crippen molar-refractivity contribution in [3.05, 3.63) is 82.4 Å². The Hall–Kier alpha value is -4.04. The average Bonchev–Trinajstić information content (AvgIpc) is 2.89. The molecule has 3 rings (SSSR count). The first-order valence-electron chi connectivity index (χ1n) is 11.9. The number of anilines is 1. The molecule has 0 aromatic heterocycles. The minimum absolute atomic E-state index is 0.262. The second kappa shape index (κ2) is 13.3. The van der Waals surface area contributed by atoms with Gasteiger partial charge in [0, 0.05) is 21.8 Å². The zero-order valence-corrected chi connectivity index (χ0v) is 22.0. The second-order valence-electron chi connectivity index (χ2n) is 7.78. The minimum Gasteiger partial charge on any atom is -0.490 e. The Labute approximate surface area is 221 Å². The molecular formula is C28H30ClN3O5. The highest BCUT2D eigenvalue weighted by atomic mass is 35.5. The summed E-state index contributed by atoms with van der Waals surface area (Å²) in [4.78, 5) is 25.4. The molecule has 37 heavy (non-hydrogen) atoms. The van der Waals surface area contributed by atoms with Gasteiger partial charge in [-0.25, -0.2) is 5.43 Å². The van der Waals surface area contributed by atoms with E-state index in [0.29, 0.717) is 64.6 Å². The van der Waals surface area contributed by atoms with Crippen LogP contribution >= 0.6 is 11.6 Å². The molecule has 3 aromatic rings. The molecule has 0 spiro atoms. The first-order valence-corrected chi connectivity index (χ1v) is 12.3. The van der Waals surface area contributed by atoms with Gasteiger partial charge in [0.2, 0.25) is 5.75 Å². The van der Waals surface area contributed by atoms with E-state index in [9.17, 15) is 9.59 Å². The van der Waals surface area contributed by atoms with Gasteiger partial charge in [-0.15, -0.1) is 0 Å². The molecule has 0 saturated carbocycles. The topological polar surface area (TPSA) is 98.2 Å². The maximum atomic E-state index is 12.9. The lowest BCUT2D eigenvalue weighted by atomic mass is 10.1. The van der Waals surface area contributed by atoms with E-state index in [4.69, 9.17) is 25.8 Å². The lowest BCUT2D eigenvalue weighted by Gasteiger charge is -2.16. The summed E-state index contributed by atoms with van der Waals surface area (Å²) in [7, 11) is 0. The number of benzene rings is 3. The van der Waals surface area contributed by atoms with Gasteiger partial charge in [0.05, 0.1) is 25.5 Å². The second-order valence-corrected chi connectivity index (χ2v) is 8.22. The first-order chi connectivity index (χ1) is 17.9. The Morgan fingerprint density at radius 3 is 2.00 bits per heavy atom. The van der Waals surface area contributed by atoms with E-state index in [1.165, 1.54) is 0 Å². The van der Waals surface area contributed by atoms with Crippen molar-refractivity contribution in [2.45, 2.75) is 27.7 Å². The van der Waals surface area contributed by atoms with Crippen LogP contribution in [0.2, 0.25) is 5.02 Å². The molecule has 9 heteroatoms. The van der Waals surface area contributed by atoms with Crippen LogP contribution in [0.3, 0.4) is 0 Å². The molecule has 0 bridgehead atoms. The number of carbonyl (C=O) groups excluding carboxylic acids is 2. The fourth-order valence-electron chi connectivity index (χ4n) is 3.41. The van der Waals surface area contributed by atoms with Crippen molar-refractivity contribution in [2.24, 2.45) is 5.10 Å². The van der Waals surface area contributed by atoms with Crippen LogP contribution in [0.1, 0.15) is 54.0 Å². The maximum absolute atomic E-state index is 12.9. The number of nitrogens with zero attached hydrogens (tertiary/aromatic N) is 1. The lowest BCUT2D eigenvalue weighted by molar-refractivity contribution is 0.0953. The zero-order valence-electron chi connectivity index (χ0n) is 21.3. The molecule has 2 amide bonds. The van der Waals surface area contributed by atoms with Crippen LogP contribution in [0.25, 0.3) is 0 Å². The standard InChI is InChI=1S/C28H30ClN3O5/c1-5-35-24-16-21(17-25(36-6-2)26(24)37-7-3)28(34)32-31-18(4)20-9-8-10-23(15-20)30-27(33)19-11-13-22(29)14-12-19/h8-17H,5-7H2,1-4H3,(H,30,33)(H,32,34)/b31-18-. The van der Waals surface area contributed by atoms with Crippen molar-refractivity contribution in [3.63, 3.8) is 0 Å². The predicted octanol–water partition coefficient (Wildman–Crippen LogP) is 5.94. The van der Waals surface area contributed by atoms with Gasteiger partial charge in [-0.2, -0.15) is 5.10 Å². The minimum atomic E-state index is -0.434. The van der Waals surface area contributed by atoms with Gasteiger partial charge >= 0.3 is 0 Å². The van der Waals surface area contributed by atoms with E-state index < -0.39 is 5.91 Å². The highest BCUT2D eigenvalue weighted by molar-refractivity contribution is 6.30. The molecule has 0 aliphatic rings. The van der Waals surface area contributed by atoms with Crippen LogP contribution < -0.4 is 25.0 Å². The van der Waals surface area contributed by atoms with Crippen molar-refractivity contribution in [2.75, 3.05) is 25.1 Å². The van der Waals surface area contributed by atoms with Gasteiger partial charge in [-0.05, 0) is 81.8 Å². The molecule has 8 nitrogen and oxygen atoms in total. The van der Waals surface area contributed by atoms with E-state index in [0.717, 1.165) is 5.56 Å². The lowest BCUT2D eigenvalue weighted by Crippen LogP contribution is -2.20. The van der Waals surface area contributed by atoms with Gasteiger partial charge in [0.25, 0.3) is 11.8 Å². The fourth-order valence-corrected chi connectivity index (χ4v) is 3.54. The molecule has 0 aliphatic heterocycles. The van der Waals surface area contributed by atoms with Crippen LogP contribution in [-0.4, -0.2) is 37.3 Å². The third-order valence-electron chi connectivity index (χ3n) is 5.14. The van der Waals surface area contributed by atoms with Crippen LogP contribution in [0, 0.1) is 0 Å². The van der Waals surface area contributed by atoms with Gasteiger partial charge in [-0.3, -0.25) is 9.59 Å². The van der Waals surface area contributed by atoms with Crippen molar-refractivity contribution in [1.29, 1.82) is 0 Å². The van der Waals surface area contributed by atoms with Crippen molar-refractivity contribution in [1.82, 2.24) is 5.43 Å². The molecule has 2 N–H and O–H groups in total. The summed E-state index contributed by atoms with van der Waals surface area (Å²) in [5.74, 6) is 0.606. The number of hydrogen-bond acceptors (Lipinski definition) is 6. The molecule has 0 atom stereocenters. The number of rotatable bonds is 11. The molecule has 0 unspecified atom stereocenters. The highest BCUT2D eigenvalue weighted by Gasteiger charge is 2.18. The largest absolute Gasteiger partial charge is 0.490 e. The number of nitrogens with one attached hydrogen (secondary N) is 2. The van der Waals surface area contributed by atoms with Crippen molar-refractivity contribution in [3.8, 4) is 17.2 Å². The van der Waals surface area contributed by atoms with Gasteiger partial charge in [0.1, 0.15) is 0 Å². The third-order valence-corrected chi connectivity index (χ3v) is 5.39. The van der Waals surface area contributed by atoms with E-state index in [-0.39, 0.29) is 5.91 Å². The molecule has 0 saturated heterocycles. The summed E-state index contributed by atoms with van der Waals surface area (Å²) in [6, 6.07) is 17.0. The Bertz CT molecular complexity index is 1250. The Kier molecular flexibility index (Phi) is 9.92. The monoisotopic (exact) mass is 523 g/mol. The maximum Gasteiger partial charge on any atom is 0.271 e. The summed E-state index contributed by atoms with van der Waals surface area (Å²) in [6.07, 6.45) is 0. The van der Waals surface area contributed by atoms with Crippen LogP contribution in [0.15, 0.2) is 65.8 Å². The van der Waals surface area contributed by atoms with Gasteiger partial charge in [0.15, 0.2) is 11.5 Å². The molecule has 194 valence electrons. The number of hydrogen-bond donors (Lipinski definition) is 2. The van der Waals surface area contributed by atoms with Crippen molar-refractivity contribution < 1.29 is 23.8 Å². The van der Waals surface area contributed by atoms with Gasteiger partial charge in [-0.1, -0.05) is 23.7 Å². The van der Waals surface area contributed by atoms with Gasteiger partial charge < -0.3 is 19.5 Å². The quantitative estimate of drug-likeness (QED) is 0.239. The highest BCUT2D eigenvalue weighted by Crippen LogP contribution is 2.39. The summed E-state index contributed by atoms with van der Waals surface area (Å²) in [6.45, 7) is 8.55. The Morgan fingerprint density at radius 2 is 1.41 bits per heavy atom. The average molecular weight is 524 g/mol. The molecule has 0 aliphatic carbocycles. The predicted molar refractivity (Wildman–Crippen MR) is 145 cm³/mol. The molecule has 0 heterocycles. The smallest absolute Gasteiger partial charge is 0.271 e. The van der Waals surface area contributed by atoms with E-state index in [2.05, 4.69) is 15.8 Å². The fraction of sp³-hybridized carbons (Fsp3) is 0.250. The molecular weight excluding hydrogens is 494 g/mol. The van der Waals surface area contributed by atoms with Crippen LogP contribution in [0.4, 0.5) is 5.69 Å². The van der Waals surface area contributed by atoms with Crippen LogP contribution in [-0.2, 0) is 0 Å². The molecule has 0 fully saturated rings. The Morgan fingerprint density at radius 1 is 0.784 bits per heavy atom. The summed E-state index contributed by atoms with van der Waals surface area (Å²) < 4.78 is 17.1. The number of halogens is 1. The summed E-state index contributed by atoms with van der Waals surface area (Å²) in [5.41, 5.74) is 5.25. The SMILES string of the molecule is CCOc1cc(C(=O)N/N=C(/C)c2cccc(NC(=O)c3ccc(Cl)cc3)c2)cc(OCC)c1OCC. The van der Waals surface area contributed by atoms with Crippen LogP contribution in [0.5, 0.6) is 17.2 Å². The number of carbonyl (C=O) groups is 2. The number of hydrazone groups is 1. The molecule has 3 aromatic carbocycles. The third kappa shape index (κ3) is 7.47. The van der Waals surface area contributed by atoms with E-state index in [1.54, 1.807) is 61.5 Å². The zero-order chi connectivity index (χ0) is 26.8. The normalized spacial score (nSPS) is 11.0. The van der Waals surface area contributed by atoms with E-state index >= 15 is 0 Å². The summed E-state index contributed by atoms with van der Waals surface area (Å²) >= 11 is 5.89. The molecule has 0 radical (unpaired) electrons. The summed E-state index contributed by atoms with van der Waals surface area (Å²) in [5, 5.41) is 7.65. The van der Waals surface area contributed by atoms with E-state index in [1.807, 2.05) is 26.8 Å². The first kappa shape index (κ1) is 27.5. The number of ether oxygens (including phenoxy) is 3. The number of amides is 2.